The number of hydrogen-bond donors (Lipinski definition) is 3. The van der Waals surface area contributed by atoms with E-state index in [1.165, 1.54) is 0 Å². The van der Waals surface area contributed by atoms with E-state index in [2.05, 4.69) is 6.92 Å². The fourth-order valence-corrected chi connectivity index (χ4v) is 1.35. The molecular formula is C10H16N2O. The molecule has 5 N–H and O–H groups in total. The standard InChI is InChI=1S/C10H16N2O/c1-2-3-9(11)8-6-7(13)4-5-10(8)12/h4-6,9,13H,2-3,11-12H2,1H3. The molecule has 1 aromatic rings. The summed E-state index contributed by atoms with van der Waals surface area (Å²) in [6.07, 6.45) is 1.89. The molecule has 0 aliphatic heterocycles. The summed E-state index contributed by atoms with van der Waals surface area (Å²) in [5, 5.41) is 9.24. The van der Waals surface area contributed by atoms with Crippen molar-refractivity contribution in [3.05, 3.63) is 23.8 Å². The first-order valence-corrected chi connectivity index (χ1v) is 4.49. The molecule has 1 unspecified atom stereocenters. The summed E-state index contributed by atoms with van der Waals surface area (Å²) in [5.74, 6) is 0.218. The first-order chi connectivity index (χ1) is 6.15. The molecule has 1 rings (SSSR count). The Morgan fingerprint density at radius 3 is 2.77 bits per heavy atom. The van der Waals surface area contributed by atoms with Gasteiger partial charge in [0.1, 0.15) is 5.75 Å². The number of benzene rings is 1. The van der Waals surface area contributed by atoms with Crippen LogP contribution in [0.5, 0.6) is 5.75 Å². The molecule has 0 fully saturated rings. The summed E-state index contributed by atoms with van der Waals surface area (Å²) in [6.45, 7) is 2.07. The van der Waals surface area contributed by atoms with E-state index in [1.807, 2.05) is 0 Å². The van der Waals surface area contributed by atoms with Crippen molar-refractivity contribution in [1.82, 2.24) is 0 Å². The highest BCUT2D eigenvalue weighted by molar-refractivity contribution is 5.51. The number of phenolic OH excluding ortho intramolecular Hbond substituents is 1. The second kappa shape index (κ2) is 4.14. The monoisotopic (exact) mass is 180 g/mol. The van der Waals surface area contributed by atoms with E-state index in [1.54, 1.807) is 18.2 Å². The number of rotatable bonds is 3. The van der Waals surface area contributed by atoms with Crippen LogP contribution in [0.2, 0.25) is 0 Å². The molecule has 0 saturated carbocycles. The fraction of sp³-hybridized carbons (Fsp3) is 0.400. The van der Waals surface area contributed by atoms with Crippen LogP contribution >= 0.6 is 0 Å². The lowest BCUT2D eigenvalue weighted by molar-refractivity contribution is 0.473. The third kappa shape index (κ3) is 2.36. The first kappa shape index (κ1) is 9.86. The Morgan fingerprint density at radius 2 is 2.15 bits per heavy atom. The van der Waals surface area contributed by atoms with Gasteiger partial charge in [-0.25, -0.2) is 0 Å². The summed E-state index contributed by atoms with van der Waals surface area (Å²) in [6, 6.07) is 4.81. The second-order valence-electron chi connectivity index (χ2n) is 3.21. The lowest BCUT2D eigenvalue weighted by Crippen LogP contribution is -2.11. The smallest absolute Gasteiger partial charge is 0.116 e. The lowest BCUT2D eigenvalue weighted by atomic mass is 10.0. The summed E-state index contributed by atoms with van der Waals surface area (Å²) < 4.78 is 0. The topological polar surface area (TPSA) is 72.3 Å². The Bertz CT molecular complexity index is 286. The molecule has 3 heteroatoms. The minimum atomic E-state index is -0.0721. The molecule has 0 radical (unpaired) electrons. The number of anilines is 1. The summed E-state index contributed by atoms with van der Waals surface area (Å²) in [7, 11) is 0. The number of nitrogen functional groups attached to an aromatic ring is 1. The van der Waals surface area contributed by atoms with Gasteiger partial charge in [-0.2, -0.15) is 0 Å². The maximum atomic E-state index is 9.24. The van der Waals surface area contributed by atoms with Gasteiger partial charge in [0, 0.05) is 11.7 Å². The molecule has 1 aromatic carbocycles. The van der Waals surface area contributed by atoms with E-state index in [9.17, 15) is 5.11 Å². The van der Waals surface area contributed by atoms with Crippen LogP contribution in [0.15, 0.2) is 18.2 Å². The number of hydrogen-bond acceptors (Lipinski definition) is 3. The van der Waals surface area contributed by atoms with E-state index in [4.69, 9.17) is 11.5 Å². The zero-order chi connectivity index (χ0) is 9.84. The van der Waals surface area contributed by atoms with Crippen molar-refractivity contribution in [2.45, 2.75) is 25.8 Å². The van der Waals surface area contributed by atoms with Crippen LogP contribution in [0.1, 0.15) is 31.4 Å². The van der Waals surface area contributed by atoms with Gasteiger partial charge in [-0.3, -0.25) is 0 Å². The summed E-state index contributed by atoms with van der Waals surface area (Å²) >= 11 is 0. The predicted molar refractivity (Wildman–Crippen MR) is 54.4 cm³/mol. The molecule has 72 valence electrons. The highest BCUT2D eigenvalue weighted by atomic mass is 16.3. The molecule has 0 heterocycles. The van der Waals surface area contributed by atoms with Crippen molar-refractivity contribution in [3.8, 4) is 5.75 Å². The largest absolute Gasteiger partial charge is 0.508 e. The Kier molecular flexibility index (Phi) is 3.14. The van der Waals surface area contributed by atoms with Crippen molar-refractivity contribution >= 4 is 5.69 Å². The van der Waals surface area contributed by atoms with E-state index >= 15 is 0 Å². The minimum Gasteiger partial charge on any atom is -0.508 e. The van der Waals surface area contributed by atoms with Gasteiger partial charge in [0.2, 0.25) is 0 Å². The average molecular weight is 180 g/mol. The fourth-order valence-electron chi connectivity index (χ4n) is 1.35. The predicted octanol–water partition coefficient (Wildman–Crippen LogP) is 1.77. The van der Waals surface area contributed by atoms with Gasteiger partial charge < -0.3 is 16.6 Å². The van der Waals surface area contributed by atoms with Gasteiger partial charge in [-0.15, -0.1) is 0 Å². The van der Waals surface area contributed by atoms with Gasteiger partial charge >= 0.3 is 0 Å². The maximum Gasteiger partial charge on any atom is 0.116 e. The van der Waals surface area contributed by atoms with Crippen molar-refractivity contribution in [1.29, 1.82) is 0 Å². The van der Waals surface area contributed by atoms with Crippen LogP contribution in [0.3, 0.4) is 0 Å². The zero-order valence-electron chi connectivity index (χ0n) is 7.83. The van der Waals surface area contributed by atoms with Gasteiger partial charge in [0.25, 0.3) is 0 Å². The molecule has 0 bridgehead atoms. The van der Waals surface area contributed by atoms with Crippen molar-refractivity contribution < 1.29 is 5.11 Å². The lowest BCUT2D eigenvalue weighted by Gasteiger charge is -2.13. The molecule has 0 aliphatic rings. The summed E-state index contributed by atoms with van der Waals surface area (Å²) in [5.41, 5.74) is 13.1. The van der Waals surface area contributed by atoms with Crippen molar-refractivity contribution in [2.75, 3.05) is 5.73 Å². The molecular weight excluding hydrogens is 164 g/mol. The molecule has 0 saturated heterocycles. The second-order valence-corrected chi connectivity index (χ2v) is 3.21. The quantitative estimate of drug-likeness (QED) is 0.490. The Hall–Kier alpha value is -1.22. The minimum absolute atomic E-state index is 0.0721. The van der Waals surface area contributed by atoms with E-state index in [-0.39, 0.29) is 11.8 Å². The van der Waals surface area contributed by atoms with E-state index < -0.39 is 0 Å². The summed E-state index contributed by atoms with van der Waals surface area (Å²) in [4.78, 5) is 0. The van der Waals surface area contributed by atoms with Crippen molar-refractivity contribution in [2.24, 2.45) is 5.73 Å². The van der Waals surface area contributed by atoms with Crippen LogP contribution in [0.4, 0.5) is 5.69 Å². The third-order valence-corrected chi connectivity index (χ3v) is 2.07. The molecule has 0 amide bonds. The Labute approximate surface area is 78.4 Å². The molecule has 13 heavy (non-hydrogen) atoms. The molecule has 0 aliphatic carbocycles. The normalized spacial score (nSPS) is 12.8. The van der Waals surface area contributed by atoms with Crippen LogP contribution in [0, 0.1) is 0 Å². The van der Waals surface area contributed by atoms with Gasteiger partial charge in [0.05, 0.1) is 0 Å². The third-order valence-electron chi connectivity index (χ3n) is 2.07. The maximum absolute atomic E-state index is 9.24. The molecule has 0 spiro atoms. The molecule has 0 aromatic heterocycles. The van der Waals surface area contributed by atoms with Gasteiger partial charge in [-0.1, -0.05) is 13.3 Å². The van der Waals surface area contributed by atoms with Gasteiger partial charge in [-0.05, 0) is 30.2 Å². The number of nitrogens with two attached hydrogens (primary N) is 2. The van der Waals surface area contributed by atoms with E-state index in [0.717, 1.165) is 18.4 Å². The number of aromatic hydroxyl groups is 1. The van der Waals surface area contributed by atoms with Gasteiger partial charge in [0.15, 0.2) is 0 Å². The first-order valence-electron chi connectivity index (χ1n) is 4.49. The molecule has 3 nitrogen and oxygen atoms in total. The van der Waals surface area contributed by atoms with Crippen LogP contribution in [-0.2, 0) is 0 Å². The average Bonchev–Trinajstić information content (AvgIpc) is 2.09. The SMILES string of the molecule is CCCC(N)c1cc(O)ccc1N. The number of phenols is 1. The van der Waals surface area contributed by atoms with Crippen LogP contribution < -0.4 is 11.5 Å². The van der Waals surface area contributed by atoms with Crippen molar-refractivity contribution in [3.63, 3.8) is 0 Å². The molecule has 1 atom stereocenters. The van der Waals surface area contributed by atoms with Crippen LogP contribution in [-0.4, -0.2) is 5.11 Å². The highest BCUT2D eigenvalue weighted by Gasteiger charge is 2.08. The Balaban J connectivity index is 2.91. The highest BCUT2D eigenvalue weighted by Crippen LogP contribution is 2.25. The zero-order valence-corrected chi connectivity index (χ0v) is 7.83. The van der Waals surface area contributed by atoms with Crippen LogP contribution in [0.25, 0.3) is 0 Å². The van der Waals surface area contributed by atoms with E-state index in [0.29, 0.717) is 5.69 Å². The Morgan fingerprint density at radius 1 is 1.46 bits per heavy atom.